The van der Waals surface area contributed by atoms with E-state index in [0.29, 0.717) is 24.5 Å². The Morgan fingerprint density at radius 2 is 1.79 bits per heavy atom. The second kappa shape index (κ2) is 15.5. The molecule has 1 aromatic heterocycles. The summed E-state index contributed by atoms with van der Waals surface area (Å²) < 4.78 is 18.5. The fourth-order valence-electron chi connectivity index (χ4n) is 5.40. The third-order valence-corrected chi connectivity index (χ3v) is 7.66. The molecule has 1 unspecified atom stereocenters. The van der Waals surface area contributed by atoms with Crippen LogP contribution in [0.2, 0.25) is 0 Å². The van der Waals surface area contributed by atoms with E-state index < -0.39 is 6.10 Å². The zero-order chi connectivity index (χ0) is 29.9. The molecule has 0 saturated carbocycles. The summed E-state index contributed by atoms with van der Waals surface area (Å²) in [5.74, 6) is 0.0649. The molecule has 1 heterocycles. The number of aliphatic hydroxyl groups excluding tert-OH is 1. The molecule has 8 heteroatoms. The maximum atomic E-state index is 12.7. The van der Waals surface area contributed by atoms with Gasteiger partial charge in [-0.2, -0.15) is 0 Å². The largest absolute Gasteiger partial charge is 0.496 e. The molecule has 4 rings (SSSR count). The third kappa shape index (κ3) is 7.95. The van der Waals surface area contributed by atoms with Gasteiger partial charge in [0.25, 0.3) is 0 Å². The lowest BCUT2D eigenvalue weighted by Gasteiger charge is -2.22. The van der Waals surface area contributed by atoms with Gasteiger partial charge in [-0.1, -0.05) is 60.5 Å². The number of fused-ring (bicyclic) bond motifs is 1. The molecule has 0 fully saturated rings. The van der Waals surface area contributed by atoms with Gasteiger partial charge in [-0.3, -0.25) is 4.79 Å². The lowest BCUT2D eigenvalue weighted by Crippen LogP contribution is -2.13. The topological polar surface area (TPSA) is 95.7 Å². The number of aliphatic hydroxyl groups is 1. The van der Waals surface area contributed by atoms with Crippen LogP contribution in [0.4, 0.5) is 0 Å². The van der Waals surface area contributed by atoms with Crippen molar-refractivity contribution in [3.05, 3.63) is 88.5 Å². The van der Waals surface area contributed by atoms with Crippen LogP contribution in [-0.4, -0.2) is 46.4 Å². The van der Waals surface area contributed by atoms with Gasteiger partial charge in [-0.15, -0.1) is 5.10 Å². The van der Waals surface area contributed by atoms with E-state index in [1.54, 1.807) is 21.0 Å². The predicted molar refractivity (Wildman–Crippen MR) is 164 cm³/mol. The van der Waals surface area contributed by atoms with Crippen LogP contribution in [0.15, 0.2) is 60.7 Å². The van der Waals surface area contributed by atoms with E-state index in [4.69, 9.17) is 14.2 Å². The summed E-state index contributed by atoms with van der Waals surface area (Å²) in [6.45, 7) is 8.09. The first-order chi connectivity index (χ1) is 20.4. The molecule has 0 aliphatic heterocycles. The van der Waals surface area contributed by atoms with Crippen LogP contribution in [0, 0.1) is 6.92 Å². The van der Waals surface area contributed by atoms with Crippen LogP contribution in [0.3, 0.4) is 0 Å². The molecule has 0 aliphatic rings. The summed E-state index contributed by atoms with van der Waals surface area (Å²) in [5, 5.41) is 19.4. The highest BCUT2D eigenvalue weighted by atomic mass is 16.5. The van der Waals surface area contributed by atoms with Crippen molar-refractivity contribution in [1.29, 1.82) is 0 Å². The molecule has 42 heavy (non-hydrogen) atoms. The van der Waals surface area contributed by atoms with Crippen LogP contribution in [0.25, 0.3) is 11.0 Å². The fourth-order valence-corrected chi connectivity index (χ4v) is 5.40. The Morgan fingerprint density at radius 1 is 1.00 bits per heavy atom. The molecule has 0 bridgehead atoms. The summed E-state index contributed by atoms with van der Waals surface area (Å²) in [6.07, 6.45) is 3.71. The number of carbonyl (C=O) groups excluding carboxylic acids is 1. The summed E-state index contributed by atoms with van der Waals surface area (Å²) >= 11 is 0. The SMILES string of the molecule is CCOC(=O)CC(c1ccc(OC)c([C@H](C)O)c1)c1ccc2c(nnn2CCCCCCOCc2ccccc2)c1C. The Bertz CT molecular complexity index is 1430. The summed E-state index contributed by atoms with van der Waals surface area (Å²) in [7, 11) is 1.58. The van der Waals surface area contributed by atoms with Crippen LogP contribution >= 0.6 is 0 Å². The lowest BCUT2D eigenvalue weighted by molar-refractivity contribution is -0.143. The van der Waals surface area contributed by atoms with E-state index in [1.165, 1.54) is 5.56 Å². The Labute approximate surface area is 248 Å². The van der Waals surface area contributed by atoms with Gasteiger partial charge < -0.3 is 19.3 Å². The van der Waals surface area contributed by atoms with Crippen molar-refractivity contribution < 1.29 is 24.1 Å². The van der Waals surface area contributed by atoms with Crippen LogP contribution in [0.5, 0.6) is 5.75 Å². The molecule has 0 aliphatic carbocycles. The highest BCUT2D eigenvalue weighted by Crippen LogP contribution is 2.37. The Hall–Kier alpha value is -3.75. The molecule has 0 radical (unpaired) electrons. The van der Waals surface area contributed by atoms with Gasteiger partial charge in [-0.05, 0) is 74.1 Å². The predicted octanol–water partition coefficient (Wildman–Crippen LogP) is 6.66. The average molecular weight is 574 g/mol. The number of aryl methyl sites for hydroxylation is 2. The Kier molecular flexibility index (Phi) is 11.5. The maximum Gasteiger partial charge on any atom is 0.306 e. The maximum absolute atomic E-state index is 12.7. The number of hydrogen-bond acceptors (Lipinski definition) is 7. The van der Waals surface area contributed by atoms with Crippen molar-refractivity contribution in [3.8, 4) is 5.75 Å². The first-order valence-electron chi connectivity index (χ1n) is 14.9. The second-order valence-electron chi connectivity index (χ2n) is 10.7. The second-order valence-corrected chi connectivity index (χ2v) is 10.7. The van der Waals surface area contributed by atoms with Crippen LogP contribution in [-0.2, 0) is 27.4 Å². The van der Waals surface area contributed by atoms with Crippen molar-refractivity contribution in [1.82, 2.24) is 15.0 Å². The van der Waals surface area contributed by atoms with Gasteiger partial charge >= 0.3 is 5.97 Å². The minimum Gasteiger partial charge on any atom is -0.496 e. The van der Waals surface area contributed by atoms with Gasteiger partial charge in [0.15, 0.2) is 0 Å². The standard InChI is InChI=1S/C34H43N3O5/c1-5-42-33(39)22-30(27-15-18-32(40-4)29(21-27)25(3)38)28-16-17-31-34(24(28)2)35-36-37(31)19-11-6-7-12-20-41-23-26-13-9-8-10-14-26/h8-10,13-18,21,25,30,38H,5-7,11-12,19-20,22-23H2,1-4H3/t25-,30?/m0/s1. The van der Waals surface area contributed by atoms with E-state index in [-0.39, 0.29) is 18.3 Å². The number of ether oxygens (including phenoxy) is 3. The number of benzene rings is 3. The van der Waals surface area contributed by atoms with Gasteiger partial charge in [-0.25, -0.2) is 4.68 Å². The monoisotopic (exact) mass is 573 g/mol. The smallest absolute Gasteiger partial charge is 0.306 e. The van der Waals surface area contributed by atoms with E-state index in [2.05, 4.69) is 28.5 Å². The zero-order valence-electron chi connectivity index (χ0n) is 25.2. The molecule has 0 saturated heterocycles. The lowest BCUT2D eigenvalue weighted by atomic mass is 9.84. The highest BCUT2D eigenvalue weighted by molar-refractivity contribution is 5.80. The van der Waals surface area contributed by atoms with Gasteiger partial charge in [0, 0.05) is 24.6 Å². The first kappa shape index (κ1) is 31.2. The van der Waals surface area contributed by atoms with Gasteiger partial charge in [0.05, 0.1) is 38.4 Å². The minimum absolute atomic E-state index is 0.176. The van der Waals surface area contributed by atoms with Crippen LogP contribution in [0.1, 0.15) is 85.8 Å². The summed E-state index contributed by atoms with van der Waals surface area (Å²) in [5.41, 5.74) is 6.57. The minimum atomic E-state index is -0.714. The van der Waals surface area contributed by atoms with E-state index in [0.717, 1.165) is 66.6 Å². The van der Waals surface area contributed by atoms with Crippen molar-refractivity contribution in [2.24, 2.45) is 0 Å². The number of aromatic nitrogens is 3. The molecular weight excluding hydrogens is 530 g/mol. The molecule has 3 aromatic carbocycles. The molecule has 4 aromatic rings. The number of hydrogen-bond donors (Lipinski definition) is 1. The van der Waals surface area contributed by atoms with Crippen molar-refractivity contribution in [2.75, 3.05) is 20.3 Å². The zero-order valence-corrected chi connectivity index (χ0v) is 25.2. The van der Waals surface area contributed by atoms with Gasteiger partial charge in [0.2, 0.25) is 0 Å². The molecule has 2 atom stereocenters. The number of esters is 1. The summed E-state index contributed by atoms with van der Waals surface area (Å²) in [4.78, 5) is 12.7. The molecule has 8 nitrogen and oxygen atoms in total. The number of methoxy groups -OCH3 is 1. The Balaban J connectivity index is 1.43. The molecular formula is C34H43N3O5. The number of nitrogens with zero attached hydrogens (tertiary/aromatic N) is 3. The summed E-state index contributed by atoms with van der Waals surface area (Å²) in [6, 6.07) is 20.1. The fraction of sp³-hybridized carbons (Fsp3) is 0.441. The normalized spacial score (nSPS) is 12.8. The van der Waals surface area contributed by atoms with Crippen molar-refractivity contribution in [2.45, 2.75) is 78.0 Å². The molecule has 224 valence electrons. The quantitative estimate of drug-likeness (QED) is 0.118. The van der Waals surface area contributed by atoms with Crippen LogP contribution < -0.4 is 4.74 Å². The first-order valence-corrected chi connectivity index (χ1v) is 14.9. The third-order valence-electron chi connectivity index (χ3n) is 7.66. The Morgan fingerprint density at radius 3 is 2.52 bits per heavy atom. The average Bonchev–Trinajstić information content (AvgIpc) is 3.41. The number of unbranched alkanes of at least 4 members (excludes halogenated alkanes) is 3. The van der Waals surface area contributed by atoms with Crippen molar-refractivity contribution in [3.63, 3.8) is 0 Å². The molecule has 0 amide bonds. The van der Waals surface area contributed by atoms with E-state index in [1.807, 2.05) is 54.1 Å². The van der Waals surface area contributed by atoms with E-state index in [9.17, 15) is 9.90 Å². The highest BCUT2D eigenvalue weighted by Gasteiger charge is 2.24. The molecule has 1 N–H and O–H groups in total. The number of rotatable bonds is 16. The van der Waals surface area contributed by atoms with E-state index >= 15 is 0 Å². The van der Waals surface area contributed by atoms with Crippen molar-refractivity contribution >= 4 is 17.0 Å². The number of carbonyl (C=O) groups is 1. The molecule has 0 spiro atoms. The van der Waals surface area contributed by atoms with Gasteiger partial charge in [0.1, 0.15) is 11.3 Å².